The Kier molecular flexibility index (Phi) is 4.29. The quantitative estimate of drug-likeness (QED) is 0.892. The fourth-order valence-corrected chi connectivity index (χ4v) is 4.66. The second-order valence-corrected chi connectivity index (χ2v) is 6.84. The van der Waals surface area contributed by atoms with Crippen LogP contribution in [0.1, 0.15) is 32.6 Å². The first-order valence-electron chi connectivity index (χ1n) is 6.73. The van der Waals surface area contributed by atoms with E-state index in [1.807, 2.05) is 0 Å². The molecule has 1 aromatic heterocycles. The minimum atomic E-state index is -4.28. The van der Waals surface area contributed by atoms with E-state index in [1.165, 1.54) is 12.3 Å². The number of rotatable bonds is 5. The molecule has 1 fully saturated rings. The van der Waals surface area contributed by atoms with Gasteiger partial charge in [0.2, 0.25) is 5.03 Å². The summed E-state index contributed by atoms with van der Waals surface area (Å²) < 4.78 is 39.9. The van der Waals surface area contributed by atoms with Crippen molar-refractivity contribution < 1.29 is 22.7 Å². The van der Waals surface area contributed by atoms with Crippen LogP contribution in [0.4, 0.5) is 4.39 Å². The highest BCUT2D eigenvalue weighted by molar-refractivity contribution is 7.89. The molecule has 6 nitrogen and oxygen atoms in total. The van der Waals surface area contributed by atoms with Gasteiger partial charge in [-0.1, -0.05) is 13.3 Å². The molecule has 1 aliphatic rings. The summed E-state index contributed by atoms with van der Waals surface area (Å²) in [6, 6.07) is 2.28. The summed E-state index contributed by atoms with van der Waals surface area (Å²) in [7, 11) is -4.28. The molecule has 8 heteroatoms. The fraction of sp³-hybridized carbons (Fsp3) is 0.538. The number of sulfonamides is 1. The number of aliphatic carboxylic acids is 1. The molecule has 1 aliphatic heterocycles. The third-order valence-corrected chi connectivity index (χ3v) is 5.65. The molecule has 0 spiro atoms. The van der Waals surface area contributed by atoms with Gasteiger partial charge >= 0.3 is 5.97 Å². The summed E-state index contributed by atoms with van der Waals surface area (Å²) >= 11 is 0. The highest BCUT2D eigenvalue weighted by Crippen LogP contribution is 2.38. The van der Waals surface area contributed by atoms with Gasteiger partial charge in [0.05, 0.1) is 0 Å². The van der Waals surface area contributed by atoms with E-state index >= 15 is 0 Å². The van der Waals surface area contributed by atoms with E-state index in [2.05, 4.69) is 4.98 Å². The third kappa shape index (κ3) is 2.53. The molecule has 0 bridgehead atoms. The maximum atomic E-state index is 13.8. The summed E-state index contributed by atoms with van der Waals surface area (Å²) in [5, 5.41) is 8.81. The van der Waals surface area contributed by atoms with Crippen LogP contribution in [0.25, 0.3) is 0 Å². The van der Waals surface area contributed by atoms with Gasteiger partial charge in [-0.15, -0.1) is 0 Å². The molecular formula is C13H17FN2O4S. The minimum Gasteiger partial charge on any atom is -0.480 e. The zero-order valence-corrected chi connectivity index (χ0v) is 12.4. The Labute approximate surface area is 122 Å². The molecule has 116 valence electrons. The molecule has 1 saturated heterocycles. The summed E-state index contributed by atoms with van der Waals surface area (Å²) in [4.78, 5) is 15.2. The molecule has 2 rings (SSSR count). The van der Waals surface area contributed by atoms with E-state index in [0.717, 1.165) is 10.4 Å². The van der Waals surface area contributed by atoms with Crippen molar-refractivity contribution in [1.29, 1.82) is 0 Å². The van der Waals surface area contributed by atoms with Gasteiger partial charge < -0.3 is 5.11 Å². The Bertz CT molecular complexity index is 649. The van der Waals surface area contributed by atoms with Crippen LogP contribution in [0.5, 0.6) is 0 Å². The number of carboxylic acids is 1. The number of nitrogens with zero attached hydrogens (tertiary/aromatic N) is 2. The largest absolute Gasteiger partial charge is 0.480 e. The molecule has 0 amide bonds. The molecule has 1 N–H and O–H groups in total. The van der Waals surface area contributed by atoms with Crippen LogP contribution in [-0.2, 0) is 14.8 Å². The average molecular weight is 316 g/mol. The molecule has 1 aromatic rings. The van der Waals surface area contributed by atoms with Gasteiger partial charge in [0.1, 0.15) is 5.54 Å². The number of carboxylic acid groups (broad SMARTS) is 1. The summed E-state index contributed by atoms with van der Waals surface area (Å²) in [6.45, 7) is 1.85. The number of carbonyl (C=O) groups is 1. The van der Waals surface area contributed by atoms with Crippen molar-refractivity contribution in [2.45, 2.75) is 43.2 Å². The SMILES string of the molecule is CCCC1(C(=O)O)CCCN1S(=O)(=O)c1ncccc1F. The van der Waals surface area contributed by atoms with Gasteiger partial charge in [-0.3, -0.25) is 4.79 Å². The normalized spacial score (nSPS) is 23.3. The maximum Gasteiger partial charge on any atom is 0.325 e. The van der Waals surface area contributed by atoms with Crippen LogP contribution in [0.3, 0.4) is 0 Å². The Balaban J connectivity index is 2.53. The Morgan fingerprint density at radius 2 is 2.29 bits per heavy atom. The Morgan fingerprint density at radius 3 is 2.86 bits per heavy atom. The molecule has 1 unspecified atom stereocenters. The van der Waals surface area contributed by atoms with Gasteiger partial charge in [0, 0.05) is 12.7 Å². The van der Waals surface area contributed by atoms with Gasteiger partial charge in [-0.2, -0.15) is 4.31 Å². The van der Waals surface area contributed by atoms with E-state index in [9.17, 15) is 22.7 Å². The topological polar surface area (TPSA) is 87.6 Å². The highest BCUT2D eigenvalue weighted by Gasteiger charge is 2.53. The first-order valence-corrected chi connectivity index (χ1v) is 8.17. The first-order chi connectivity index (χ1) is 9.86. The van der Waals surface area contributed by atoms with Crippen molar-refractivity contribution in [2.24, 2.45) is 0 Å². The van der Waals surface area contributed by atoms with E-state index in [4.69, 9.17) is 0 Å². The number of hydrogen-bond donors (Lipinski definition) is 1. The second-order valence-electron chi connectivity index (χ2n) is 5.06. The van der Waals surface area contributed by atoms with Gasteiger partial charge in [-0.25, -0.2) is 17.8 Å². The minimum absolute atomic E-state index is 0.0602. The molecule has 0 saturated carbocycles. The van der Waals surface area contributed by atoms with Crippen LogP contribution in [-0.4, -0.2) is 40.9 Å². The van der Waals surface area contributed by atoms with Crippen LogP contribution in [0.2, 0.25) is 0 Å². The molecule has 0 radical (unpaired) electrons. The van der Waals surface area contributed by atoms with Crippen LogP contribution < -0.4 is 0 Å². The van der Waals surface area contributed by atoms with Gasteiger partial charge in [0.15, 0.2) is 5.82 Å². The molecule has 0 aromatic carbocycles. The lowest BCUT2D eigenvalue weighted by atomic mass is 9.92. The van der Waals surface area contributed by atoms with Crippen molar-refractivity contribution in [3.05, 3.63) is 24.1 Å². The van der Waals surface area contributed by atoms with Gasteiger partial charge in [-0.05, 0) is 31.4 Å². The number of aromatic nitrogens is 1. The molecule has 21 heavy (non-hydrogen) atoms. The number of hydrogen-bond acceptors (Lipinski definition) is 4. The van der Waals surface area contributed by atoms with Crippen molar-refractivity contribution in [3.8, 4) is 0 Å². The van der Waals surface area contributed by atoms with Crippen LogP contribution in [0, 0.1) is 5.82 Å². The third-order valence-electron chi connectivity index (χ3n) is 3.75. The molecule has 1 atom stereocenters. The summed E-state index contributed by atoms with van der Waals surface area (Å²) in [5.74, 6) is -2.16. The smallest absolute Gasteiger partial charge is 0.325 e. The zero-order chi connectivity index (χ0) is 15.7. The zero-order valence-electron chi connectivity index (χ0n) is 11.6. The summed E-state index contributed by atoms with van der Waals surface area (Å²) in [5.41, 5.74) is -1.50. The summed E-state index contributed by atoms with van der Waals surface area (Å²) in [6.07, 6.45) is 2.54. The average Bonchev–Trinajstić information content (AvgIpc) is 2.85. The fourth-order valence-electron chi connectivity index (χ4n) is 2.85. The van der Waals surface area contributed by atoms with E-state index in [0.29, 0.717) is 12.8 Å². The predicted molar refractivity (Wildman–Crippen MR) is 72.6 cm³/mol. The van der Waals surface area contributed by atoms with Crippen LogP contribution >= 0.6 is 0 Å². The van der Waals surface area contributed by atoms with E-state index in [-0.39, 0.29) is 19.4 Å². The van der Waals surface area contributed by atoms with Crippen molar-refractivity contribution in [1.82, 2.24) is 9.29 Å². The second kappa shape index (κ2) is 5.69. The first kappa shape index (κ1) is 15.8. The lowest BCUT2D eigenvalue weighted by molar-refractivity contribution is -0.147. The Hall–Kier alpha value is -1.54. The number of pyridine rings is 1. The van der Waals surface area contributed by atoms with E-state index < -0.39 is 32.4 Å². The molecule has 2 heterocycles. The Morgan fingerprint density at radius 1 is 1.57 bits per heavy atom. The molecule has 0 aliphatic carbocycles. The van der Waals surface area contributed by atoms with E-state index in [1.54, 1.807) is 6.92 Å². The van der Waals surface area contributed by atoms with Crippen molar-refractivity contribution in [3.63, 3.8) is 0 Å². The lowest BCUT2D eigenvalue weighted by Crippen LogP contribution is -2.53. The van der Waals surface area contributed by atoms with Crippen molar-refractivity contribution in [2.75, 3.05) is 6.54 Å². The number of halogens is 1. The van der Waals surface area contributed by atoms with Gasteiger partial charge in [0.25, 0.3) is 10.0 Å². The lowest BCUT2D eigenvalue weighted by Gasteiger charge is -2.33. The maximum absolute atomic E-state index is 13.8. The van der Waals surface area contributed by atoms with Crippen molar-refractivity contribution >= 4 is 16.0 Å². The monoisotopic (exact) mass is 316 g/mol. The van der Waals surface area contributed by atoms with Crippen LogP contribution in [0.15, 0.2) is 23.4 Å². The standard InChI is InChI=1S/C13H17FN2O4S/c1-2-6-13(12(17)18)7-4-9-16(13)21(19,20)11-10(14)5-3-8-15-11/h3,5,8H,2,4,6-7,9H2,1H3,(H,17,18). The molecular weight excluding hydrogens is 299 g/mol. The highest BCUT2D eigenvalue weighted by atomic mass is 32.2. The predicted octanol–water partition coefficient (Wildman–Crippen LogP) is 1.63.